The Morgan fingerprint density at radius 3 is 1.20 bits per heavy atom. The molecule has 1 atom stereocenters. The SMILES string of the molecule is CCCCCCCCCCCCCCCCCCCC(Cc1ccccc1)C(Cc1ccccc1)(Cc1ccccc1)C(=O)O. The van der Waals surface area contributed by atoms with Crippen LogP contribution in [0.4, 0.5) is 0 Å². The molecule has 2 nitrogen and oxygen atoms in total. The highest BCUT2D eigenvalue weighted by Gasteiger charge is 2.45. The lowest BCUT2D eigenvalue weighted by atomic mass is 9.64. The van der Waals surface area contributed by atoms with Crippen molar-refractivity contribution < 1.29 is 9.90 Å². The van der Waals surface area contributed by atoms with Gasteiger partial charge in [0.05, 0.1) is 5.41 Å². The van der Waals surface area contributed by atoms with Crippen molar-refractivity contribution in [1.29, 1.82) is 0 Å². The van der Waals surface area contributed by atoms with Crippen LogP contribution in [0.2, 0.25) is 0 Å². The molecule has 1 unspecified atom stereocenters. The predicted octanol–water partition coefficient (Wildman–Crippen LogP) is 12.4. The van der Waals surface area contributed by atoms with E-state index in [1.165, 1.54) is 108 Å². The molecule has 45 heavy (non-hydrogen) atoms. The zero-order valence-electron chi connectivity index (χ0n) is 28.4. The zero-order chi connectivity index (χ0) is 31.8. The summed E-state index contributed by atoms with van der Waals surface area (Å²) in [7, 11) is 0. The van der Waals surface area contributed by atoms with Gasteiger partial charge < -0.3 is 5.11 Å². The van der Waals surface area contributed by atoms with Gasteiger partial charge in [-0.3, -0.25) is 4.79 Å². The monoisotopic (exact) mass is 610 g/mol. The third kappa shape index (κ3) is 14.4. The van der Waals surface area contributed by atoms with Crippen LogP contribution < -0.4 is 0 Å². The highest BCUT2D eigenvalue weighted by Crippen LogP contribution is 2.41. The van der Waals surface area contributed by atoms with Gasteiger partial charge in [-0.15, -0.1) is 0 Å². The molecule has 0 aliphatic heterocycles. The molecule has 3 rings (SSSR count). The van der Waals surface area contributed by atoms with Crippen molar-refractivity contribution in [1.82, 2.24) is 0 Å². The Labute approximate surface area is 276 Å². The summed E-state index contributed by atoms with van der Waals surface area (Å²) in [4.78, 5) is 13.4. The van der Waals surface area contributed by atoms with Crippen molar-refractivity contribution in [2.45, 2.75) is 142 Å². The quantitative estimate of drug-likeness (QED) is 0.0918. The molecule has 0 radical (unpaired) electrons. The number of carbonyl (C=O) groups is 1. The van der Waals surface area contributed by atoms with Gasteiger partial charge in [0, 0.05) is 0 Å². The molecule has 2 heteroatoms. The lowest BCUT2D eigenvalue weighted by Gasteiger charge is -2.38. The van der Waals surface area contributed by atoms with Crippen LogP contribution in [0.5, 0.6) is 0 Å². The predicted molar refractivity (Wildman–Crippen MR) is 193 cm³/mol. The number of carboxylic acids is 1. The molecular weight excluding hydrogens is 548 g/mol. The van der Waals surface area contributed by atoms with Crippen LogP contribution in [-0.2, 0) is 24.1 Å². The van der Waals surface area contributed by atoms with E-state index in [0.29, 0.717) is 12.8 Å². The van der Waals surface area contributed by atoms with Gasteiger partial charge in [0.25, 0.3) is 0 Å². The van der Waals surface area contributed by atoms with Crippen LogP contribution in [0.3, 0.4) is 0 Å². The van der Waals surface area contributed by atoms with E-state index in [0.717, 1.165) is 30.4 Å². The molecule has 0 aliphatic rings. The Kier molecular flexibility index (Phi) is 18.4. The second-order valence-electron chi connectivity index (χ2n) is 13.6. The van der Waals surface area contributed by atoms with E-state index in [9.17, 15) is 9.90 Å². The van der Waals surface area contributed by atoms with E-state index in [1.807, 2.05) is 42.5 Å². The van der Waals surface area contributed by atoms with Crippen molar-refractivity contribution in [2.24, 2.45) is 11.3 Å². The molecule has 0 fully saturated rings. The summed E-state index contributed by atoms with van der Waals surface area (Å²) in [6, 6.07) is 31.1. The van der Waals surface area contributed by atoms with Crippen LogP contribution in [0, 0.1) is 11.3 Å². The second-order valence-corrected chi connectivity index (χ2v) is 13.6. The van der Waals surface area contributed by atoms with Crippen molar-refractivity contribution in [3.05, 3.63) is 108 Å². The standard InChI is InChI=1S/C43H62O2/c1-2-3-4-5-6-7-8-9-10-11-12-13-14-15-16-17-27-34-41(35-38-28-21-18-22-29-38)43(42(44)45,36-39-30-23-19-24-31-39)37-40-32-25-20-26-33-40/h18-26,28-33,41H,2-17,27,34-37H2,1H3,(H,44,45). The Balaban J connectivity index is 1.49. The lowest BCUT2D eigenvalue weighted by molar-refractivity contribution is -0.153. The summed E-state index contributed by atoms with van der Waals surface area (Å²) in [5, 5.41) is 11.0. The minimum absolute atomic E-state index is 0.0501. The fourth-order valence-corrected chi connectivity index (χ4v) is 7.19. The van der Waals surface area contributed by atoms with Crippen LogP contribution in [0.15, 0.2) is 91.0 Å². The highest BCUT2D eigenvalue weighted by atomic mass is 16.4. The molecule has 0 bridgehead atoms. The molecule has 3 aromatic rings. The van der Waals surface area contributed by atoms with Gasteiger partial charge in [-0.05, 0) is 48.3 Å². The maximum atomic E-state index is 13.4. The van der Waals surface area contributed by atoms with E-state index in [1.54, 1.807) is 0 Å². The molecular formula is C43H62O2. The maximum absolute atomic E-state index is 13.4. The van der Waals surface area contributed by atoms with Gasteiger partial charge in [0.1, 0.15) is 0 Å². The first-order chi connectivity index (χ1) is 22.1. The summed E-state index contributed by atoms with van der Waals surface area (Å²) >= 11 is 0. The fraction of sp³-hybridized carbons (Fsp3) is 0.558. The molecule has 1 N–H and O–H groups in total. The molecule has 0 saturated heterocycles. The largest absolute Gasteiger partial charge is 0.481 e. The van der Waals surface area contributed by atoms with Gasteiger partial charge in [-0.25, -0.2) is 0 Å². The normalized spacial score (nSPS) is 12.3. The average molecular weight is 611 g/mol. The summed E-state index contributed by atoms with van der Waals surface area (Å²) in [6.45, 7) is 2.29. The number of rotatable bonds is 26. The molecule has 0 saturated carbocycles. The smallest absolute Gasteiger partial charge is 0.310 e. The Morgan fingerprint density at radius 1 is 0.511 bits per heavy atom. The first-order valence-electron chi connectivity index (χ1n) is 18.5. The van der Waals surface area contributed by atoms with E-state index < -0.39 is 11.4 Å². The molecule has 0 aromatic heterocycles. The lowest BCUT2D eigenvalue weighted by Crippen LogP contribution is -2.44. The zero-order valence-corrected chi connectivity index (χ0v) is 28.4. The molecule has 0 amide bonds. The number of aliphatic carboxylic acids is 1. The third-order valence-corrected chi connectivity index (χ3v) is 9.91. The van der Waals surface area contributed by atoms with Crippen LogP contribution in [-0.4, -0.2) is 11.1 Å². The molecule has 0 aliphatic carbocycles. The van der Waals surface area contributed by atoms with E-state index in [-0.39, 0.29) is 5.92 Å². The second kappa shape index (κ2) is 22.6. The average Bonchev–Trinajstić information content (AvgIpc) is 3.06. The number of carboxylic acid groups (broad SMARTS) is 1. The maximum Gasteiger partial charge on any atom is 0.310 e. The third-order valence-electron chi connectivity index (χ3n) is 9.91. The van der Waals surface area contributed by atoms with Crippen molar-refractivity contribution in [3.63, 3.8) is 0 Å². The summed E-state index contributed by atoms with van der Waals surface area (Å²) < 4.78 is 0. The number of hydrogen-bond acceptors (Lipinski definition) is 1. The van der Waals surface area contributed by atoms with E-state index in [4.69, 9.17) is 0 Å². The minimum atomic E-state index is -0.867. The Morgan fingerprint density at radius 2 is 0.844 bits per heavy atom. The Hall–Kier alpha value is -2.87. The van der Waals surface area contributed by atoms with E-state index in [2.05, 4.69) is 55.5 Å². The van der Waals surface area contributed by atoms with Gasteiger partial charge in [-0.2, -0.15) is 0 Å². The number of hydrogen-bond donors (Lipinski definition) is 1. The number of benzene rings is 3. The van der Waals surface area contributed by atoms with Crippen molar-refractivity contribution in [2.75, 3.05) is 0 Å². The van der Waals surface area contributed by atoms with Crippen LogP contribution >= 0.6 is 0 Å². The van der Waals surface area contributed by atoms with Gasteiger partial charge in [-0.1, -0.05) is 207 Å². The van der Waals surface area contributed by atoms with E-state index >= 15 is 0 Å². The number of unbranched alkanes of at least 4 members (excludes halogenated alkanes) is 16. The van der Waals surface area contributed by atoms with Crippen LogP contribution in [0.25, 0.3) is 0 Å². The van der Waals surface area contributed by atoms with Crippen LogP contribution in [0.1, 0.15) is 139 Å². The van der Waals surface area contributed by atoms with Crippen molar-refractivity contribution in [3.8, 4) is 0 Å². The molecule has 0 heterocycles. The minimum Gasteiger partial charge on any atom is -0.481 e. The molecule has 246 valence electrons. The highest BCUT2D eigenvalue weighted by molar-refractivity contribution is 5.76. The van der Waals surface area contributed by atoms with Crippen molar-refractivity contribution >= 4 is 5.97 Å². The van der Waals surface area contributed by atoms with Gasteiger partial charge >= 0.3 is 5.97 Å². The summed E-state index contributed by atoms with van der Waals surface area (Å²) in [5.74, 6) is -0.614. The molecule has 3 aromatic carbocycles. The fourth-order valence-electron chi connectivity index (χ4n) is 7.19. The first-order valence-corrected chi connectivity index (χ1v) is 18.5. The summed E-state index contributed by atoms with van der Waals surface area (Å²) in [5.41, 5.74) is 2.59. The van der Waals surface area contributed by atoms with Gasteiger partial charge in [0.15, 0.2) is 0 Å². The molecule has 0 spiro atoms. The summed E-state index contributed by atoms with van der Waals surface area (Å²) in [6.07, 6.45) is 25.9. The first kappa shape index (κ1) is 36.6. The van der Waals surface area contributed by atoms with Gasteiger partial charge in [0.2, 0.25) is 0 Å². The topological polar surface area (TPSA) is 37.3 Å². The Bertz CT molecular complexity index is 1080.